The molecular formula is C14H23F2N3O3. The molecule has 2 saturated heterocycles. The van der Waals surface area contributed by atoms with Crippen LogP contribution in [0.1, 0.15) is 6.42 Å². The van der Waals surface area contributed by atoms with Gasteiger partial charge in [-0.1, -0.05) is 0 Å². The van der Waals surface area contributed by atoms with Gasteiger partial charge in [0.15, 0.2) is 0 Å². The van der Waals surface area contributed by atoms with E-state index in [-0.39, 0.29) is 31.4 Å². The van der Waals surface area contributed by atoms with Gasteiger partial charge in [-0.15, -0.1) is 0 Å². The predicted molar refractivity (Wildman–Crippen MR) is 75.6 cm³/mol. The van der Waals surface area contributed by atoms with E-state index < -0.39 is 25.0 Å². The Morgan fingerprint density at radius 3 is 2.86 bits per heavy atom. The number of alkyl halides is 2. The lowest BCUT2D eigenvalue weighted by Gasteiger charge is -2.26. The lowest BCUT2D eigenvalue weighted by Crippen LogP contribution is -2.44. The van der Waals surface area contributed by atoms with Crippen LogP contribution < -0.4 is 0 Å². The maximum Gasteiger partial charge on any atom is 0.288 e. The number of hydrogen-bond acceptors (Lipinski definition) is 4. The van der Waals surface area contributed by atoms with Gasteiger partial charge in [-0.3, -0.25) is 9.59 Å². The Morgan fingerprint density at radius 2 is 2.18 bits per heavy atom. The van der Waals surface area contributed by atoms with E-state index in [2.05, 4.69) is 0 Å². The van der Waals surface area contributed by atoms with Crippen molar-refractivity contribution in [1.82, 2.24) is 14.7 Å². The fourth-order valence-corrected chi connectivity index (χ4v) is 2.72. The molecule has 2 fully saturated rings. The molecule has 2 rings (SSSR count). The Hall–Kier alpha value is -1.28. The van der Waals surface area contributed by atoms with Crippen molar-refractivity contribution in [1.29, 1.82) is 0 Å². The number of likely N-dealkylation sites (tertiary alicyclic amines) is 1. The van der Waals surface area contributed by atoms with Crippen molar-refractivity contribution in [3.8, 4) is 0 Å². The first-order chi connectivity index (χ1) is 10.3. The minimum Gasteiger partial charge on any atom is -0.373 e. The quantitative estimate of drug-likeness (QED) is 0.726. The van der Waals surface area contributed by atoms with Gasteiger partial charge in [-0.25, -0.2) is 8.78 Å². The van der Waals surface area contributed by atoms with Crippen LogP contribution in [0.25, 0.3) is 0 Å². The van der Waals surface area contributed by atoms with E-state index in [4.69, 9.17) is 4.74 Å². The molecule has 22 heavy (non-hydrogen) atoms. The number of nitrogens with zero attached hydrogens (tertiary/aromatic N) is 3. The van der Waals surface area contributed by atoms with Gasteiger partial charge in [-0.05, 0) is 14.1 Å². The molecule has 2 aliphatic rings. The second-order valence-electron chi connectivity index (χ2n) is 6.21. The summed E-state index contributed by atoms with van der Waals surface area (Å²) in [5.74, 6) is -4.01. The first-order valence-corrected chi connectivity index (χ1v) is 7.45. The summed E-state index contributed by atoms with van der Waals surface area (Å²) in [7, 11) is 3.81. The van der Waals surface area contributed by atoms with E-state index in [1.54, 1.807) is 4.90 Å². The fourth-order valence-electron chi connectivity index (χ4n) is 2.72. The van der Waals surface area contributed by atoms with Gasteiger partial charge in [0.05, 0.1) is 19.1 Å². The number of halogens is 2. The van der Waals surface area contributed by atoms with Crippen molar-refractivity contribution in [2.45, 2.75) is 12.3 Å². The minimum absolute atomic E-state index is 0.0852. The van der Waals surface area contributed by atoms with Crippen LogP contribution >= 0.6 is 0 Å². The summed E-state index contributed by atoms with van der Waals surface area (Å²) in [6.45, 7) is 0.540. The normalized spacial score (nSPS) is 25.7. The first-order valence-electron chi connectivity index (χ1n) is 7.45. The van der Waals surface area contributed by atoms with Gasteiger partial charge >= 0.3 is 0 Å². The molecule has 0 aromatic rings. The summed E-state index contributed by atoms with van der Waals surface area (Å²) in [5.41, 5.74) is 0. The zero-order valence-electron chi connectivity index (χ0n) is 13.1. The number of rotatable bonds is 4. The third kappa shape index (κ3) is 4.36. The molecule has 0 aliphatic carbocycles. The van der Waals surface area contributed by atoms with E-state index >= 15 is 0 Å². The van der Waals surface area contributed by atoms with E-state index in [1.807, 2.05) is 19.0 Å². The second-order valence-corrected chi connectivity index (χ2v) is 6.21. The maximum atomic E-state index is 13.5. The lowest BCUT2D eigenvalue weighted by atomic mass is 10.1. The molecule has 0 aromatic carbocycles. The Labute approximate surface area is 129 Å². The summed E-state index contributed by atoms with van der Waals surface area (Å²) in [4.78, 5) is 29.1. The Balaban J connectivity index is 1.94. The standard InChI is InChI=1S/C14H23F2N3O3/c1-17(2)3-4-18-8-11(7-12(18)20)13(21)19-5-6-22-10-14(15,16)9-19/h11H,3-10H2,1-2H3. The Kier molecular flexibility index (Phi) is 5.33. The Morgan fingerprint density at radius 1 is 1.45 bits per heavy atom. The third-order valence-electron chi connectivity index (χ3n) is 3.93. The highest BCUT2D eigenvalue weighted by Crippen LogP contribution is 2.24. The topological polar surface area (TPSA) is 53.1 Å². The number of hydrogen-bond donors (Lipinski definition) is 0. The van der Waals surface area contributed by atoms with E-state index in [9.17, 15) is 18.4 Å². The van der Waals surface area contributed by atoms with Crippen molar-refractivity contribution in [2.75, 3.05) is 60.0 Å². The molecule has 2 heterocycles. The number of ether oxygens (including phenoxy) is 1. The number of carbonyl (C=O) groups excluding carboxylic acids is 2. The monoisotopic (exact) mass is 319 g/mol. The van der Waals surface area contributed by atoms with E-state index in [0.717, 1.165) is 4.90 Å². The molecule has 126 valence electrons. The highest BCUT2D eigenvalue weighted by molar-refractivity contribution is 5.89. The van der Waals surface area contributed by atoms with Crippen LogP contribution in [0.3, 0.4) is 0 Å². The summed E-state index contributed by atoms with van der Waals surface area (Å²) < 4.78 is 31.9. The van der Waals surface area contributed by atoms with Gasteiger partial charge in [0.2, 0.25) is 11.8 Å². The maximum absolute atomic E-state index is 13.5. The van der Waals surface area contributed by atoms with Crippen LogP contribution in [0.15, 0.2) is 0 Å². The van der Waals surface area contributed by atoms with E-state index in [1.165, 1.54) is 0 Å². The van der Waals surface area contributed by atoms with Crippen LogP contribution in [-0.4, -0.2) is 92.5 Å². The summed E-state index contributed by atoms with van der Waals surface area (Å²) in [5, 5.41) is 0. The number of amides is 2. The second kappa shape index (κ2) is 6.87. The molecule has 0 saturated carbocycles. The molecule has 6 nitrogen and oxygen atoms in total. The average Bonchev–Trinajstić information content (AvgIpc) is 2.69. The first kappa shape index (κ1) is 17.1. The summed E-state index contributed by atoms with van der Waals surface area (Å²) in [6.07, 6.45) is 0.106. The van der Waals surface area contributed by atoms with Crippen molar-refractivity contribution in [3.63, 3.8) is 0 Å². The smallest absolute Gasteiger partial charge is 0.288 e. The van der Waals surface area contributed by atoms with Gasteiger partial charge in [-0.2, -0.15) is 0 Å². The molecule has 0 spiro atoms. The van der Waals surface area contributed by atoms with E-state index in [0.29, 0.717) is 19.6 Å². The van der Waals surface area contributed by atoms with Gasteiger partial charge < -0.3 is 19.4 Å². The molecule has 2 aliphatic heterocycles. The predicted octanol–water partition coefficient (Wildman–Crippen LogP) is -0.109. The van der Waals surface area contributed by atoms with Crippen molar-refractivity contribution >= 4 is 11.8 Å². The number of likely N-dealkylation sites (N-methyl/N-ethyl adjacent to an activating group) is 1. The zero-order chi connectivity index (χ0) is 16.3. The molecule has 1 atom stereocenters. The van der Waals surface area contributed by atoms with Crippen molar-refractivity contribution < 1.29 is 23.1 Å². The Bertz CT molecular complexity index is 432. The summed E-state index contributed by atoms with van der Waals surface area (Å²) >= 11 is 0. The van der Waals surface area contributed by atoms with Crippen LogP contribution in [-0.2, 0) is 14.3 Å². The fraction of sp³-hybridized carbons (Fsp3) is 0.857. The largest absolute Gasteiger partial charge is 0.373 e. The molecule has 0 bridgehead atoms. The van der Waals surface area contributed by atoms with Gasteiger partial charge in [0.1, 0.15) is 6.61 Å². The zero-order valence-corrected chi connectivity index (χ0v) is 13.1. The molecule has 0 N–H and O–H groups in total. The van der Waals surface area contributed by atoms with Crippen molar-refractivity contribution in [2.24, 2.45) is 5.92 Å². The highest BCUT2D eigenvalue weighted by Gasteiger charge is 2.41. The lowest BCUT2D eigenvalue weighted by molar-refractivity contribution is -0.140. The highest BCUT2D eigenvalue weighted by atomic mass is 19.3. The summed E-state index contributed by atoms with van der Waals surface area (Å²) in [6, 6.07) is 0. The minimum atomic E-state index is -3.03. The van der Waals surface area contributed by atoms with Crippen molar-refractivity contribution in [3.05, 3.63) is 0 Å². The molecule has 2 amide bonds. The third-order valence-corrected chi connectivity index (χ3v) is 3.93. The van der Waals surface area contributed by atoms with Crippen LogP contribution in [0, 0.1) is 5.92 Å². The van der Waals surface area contributed by atoms with Crippen LogP contribution in [0.5, 0.6) is 0 Å². The van der Waals surface area contributed by atoms with Crippen LogP contribution in [0.4, 0.5) is 8.78 Å². The number of carbonyl (C=O) groups is 2. The van der Waals surface area contributed by atoms with Crippen LogP contribution in [0.2, 0.25) is 0 Å². The molecule has 8 heteroatoms. The molecule has 1 unspecified atom stereocenters. The average molecular weight is 319 g/mol. The molecule has 0 aromatic heterocycles. The van der Waals surface area contributed by atoms with Gasteiger partial charge in [0, 0.05) is 32.6 Å². The molecule has 0 radical (unpaired) electrons. The van der Waals surface area contributed by atoms with Gasteiger partial charge in [0.25, 0.3) is 5.92 Å². The molecular weight excluding hydrogens is 296 g/mol. The SMILES string of the molecule is CN(C)CCN1CC(C(=O)N2CCOCC(F)(F)C2)CC1=O.